The summed E-state index contributed by atoms with van der Waals surface area (Å²) >= 11 is 1.31. The van der Waals surface area contributed by atoms with Crippen molar-refractivity contribution in [3.63, 3.8) is 0 Å². The van der Waals surface area contributed by atoms with Crippen LogP contribution < -0.4 is 16.4 Å². The maximum atomic E-state index is 11.6. The SMILES string of the molecule is CCCc1cc(N2CCCCC2)nc2sc(C(N)=O)c(N)c12. The van der Waals surface area contributed by atoms with Crippen molar-refractivity contribution >= 4 is 39.0 Å². The van der Waals surface area contributed by atoms with Gasteiger partial charge in [0, 0.05) is 18.5 Å². The standard InChI is InChI=1S/C16H22N4OS/c1-2-6-10-9-11(20-7-4-3-5-8-20)19-16-12(10)13(17)14(22-16)15(18)21/h9H,2-8,17H2,1H3,(H2,18,21). The second-order valence-electron chi connectivity index (χ2n) is 5.83. The molecule has 3 heterocycles. The summed E-state index contributed by atoms with van der Waals surface area (Å²) in [7, 11) is 0. The van der Waals surface area contributed by atoms with Crippen LogP contribution in [0.2, 0.25) is 0 Å². The van der Waals surface area contributed by atoms with Gasteiger partial charge in [0.15, 0.2) is 0 Å². The number of pyridine rings is 1. The van der Waals surface area contributed by atoms with Crippen LogP contribution in [0.25, 0.3) is 10.2 Å². The maximum absolute atomic E-state index is 11.6. The zero-order chi connectivity index (χ0) is 15.7. The number of nitrogens with zero attached hydrogens (tertiary/aromatic N) is 2. The van der Waals surface area contributed by atoms with Gasteiger partial charge in [-0.25, -0.2) is 4.98 Å². The molecule has 118 valence electrons. The van der Waals surface area contributed by atoms with E-state index in [1.807, 2.05) is 0 Å². The van der Waals surface area contributed by atoms with Gasteiger partial charge in [0.2, 0.25) is 0 Å². The van der Waals surface area contributed by atoms with Crippen molar-refractivity contribution in [3.8, 4) is 0 Å². The lowest BCUT2D eigenvalue weighted by molar-refractivity contribution is 0.100. The number of carbonyl (C=O) groups is 1. The van der Waals surface area contributed by atoms with Gasteiger partial charge in [-0.2, -0.15) is 0 Å². The number of hydrogen-bond donors (Lipinski definition) is 2. The lowest BCUT2D eigenvalue weighted by atomic mass is 10.1. The van der Waals surface area contributed by atoms with Gasteiger partial charge in [-0.3, -0.25) is 4.79 Å². The quantitative estimate of drug-likeness (QED) is 0.907. The van der Waals surface area contributed by atoms with Crippen molar-refractivity contribution < 1.29 is 4.79 Å². The molecule has 0 aliphatic carbocycles. The third kappa shape index (κ3) is 2.63. The van der Waals surface area contributed by atoms with Gasteiger partial charge in [-0.1, -0.05) is 13.3 Å². The summed E-state index contributed by atoms with van der Waals surface area (Å²) in [5.74, 6) is 0.537. The molecule has 4 N–H and O–H groups in total. The van der Waals surface area contributed by atoms with Crippen LogP contribution in [0.5, 0.6) is 0 Å². The smallest absolute Gasteiger partial charge is 0.260 e. The van der Waals surface area contributed by atoms with Gasteiger partial charge < -0.3 is 16.4 Å². The summed E-state index contributed by atoms with van der Waals surface area (Å²) in [5.41, 5.74) is 13.3. The van der Waals surface area contributed by atoms with Gasteiger partial charge in [0.05, 0.1) is 5.69 Å². The summed E-state index contributed by atoms with van der Waals surface area (Å²) in [6.07, 6.45) is 5.67. The molecule has 0 spiro atoms. The van der Waals surface area contributed by atoms with E-state index in [9.17, 15) is 4.79 Å². The molecule has 1 fully saturated rings. The molecular formula is C16H22N4OS. The highest BCUT2D eigenvalue weighted by Crippen LogP contribution is 2.37. The monoisotopic (exact) mass is 318 g/mol. The zero-order valence-corrected chi connectivity index (χ0v) is 13.7. The third-order valence-electron chi connectivity index (χ3n) is 4.19. The maximum Gasteiger partial charge on any atom is 0.260 e. The first-order valence-corrected chi connectivity index (χ1v) is 8.70. The molecule has 2 aromatic rings. The number of anilines is 2. The minimum atomic E-state index is -0.470. The predicted molar refractivity (Wildman–Crippen MR) is 92.6 cm³/mol. The molecule has 1 amide bonds. The van der Waals surface area contributed by atoms with E-state index in [-0.39, 0.29) is 0 Å². The number of amides is 1. The van der Waals surface area contributed by atoms with Gasteiger partial charge in [0.1, 0.15) is 15.5 Å². The molecule has 3 rings (SSSR count). The number of fused-ring (bicyclic) bond motifs is 1. The molecule has 22 heavy (non-hydrogen) atoms. The van der Waals surface area contributed by atoms with Crippen molar-refractivity contribution in [2.75, 3.05) is 23.7 Å². The molecule has 0 radical (unpaired) electrons. The molecule has 0 unspecified atom stereocenters. The van der Waals surface area contributed by atoms with Crippen LogP contribution in [0.15, 0.2) is 6.07 Å². The lowest BCUT2D eigenvalue weighted by Crippen LogP contribution is -2.30. The van der Waals surface area contributed by atoms with E-state index in [4.69, 9.17) is 16.5 Å². The Bertz CT molecular complexity index is 704. The average Bonchev–Trinajstić information content (AvgIpc) is 2.86. The van der Waals surface area contributed by atoms with Crippen LogP contribution in [0, 0.1) is 0 Å². The minimum Gasteiger partial charge on any atom is -0.397 e. The first kappa shape index (κ1) is 15.1. The van der Waals surface area contributed by atoms with Crippen molar-refractivity contribution in [2.24, 2.45) is 5.73 Å². The number of aryl methyl sites for hydroxylation is 1. The normalized spacial score (nSPS) is 15.4. The van der Waals surface area contributed by atoms with Crippen molar-refractivity contribution in [2.45, 2.75) is 39.0 Å². The van der Waals surface area contributed by atoms with Gasteiger partial charge in [0.25, 0.3) is 5.91 Å². The molecule has 2 aromatic heterocycles. The summed E-state index contributed by atoms with van der Waals surface area (Å²) in [4.78, 5) is 19.9. The van der Waals surface area contributed by atoms with Crippen molar-refractivity contribution in [1.29, 1.82) is 0 Å². The number of piperidine rings is 1. The number of thiophene rings is 1. The molecule has 1 saturated heterocycles. The van der Waals surface area contributed by atoms with Crippen LogP contribution in [-0.4, -0.2) is 24.0 Å². The number of nitrogens with two attached hydrogens (primary N) is 2. The van der Waals surface area contributed by atoms with E-state index < -0.39 is 5.91 Å². The number of aromatic nitrogens is 1. The van der Waals surface area contributed by atoms with Gasteiger partial charge in [-0.15, -0.1) is 11.3 Å². The highest BCUT2D eigenvalue weighted by molar-refractivity contribution is 7.21. The number of hydrogen-bond acceptors (Lipinski definition) is 5. The van der Waals surface area contributed by atoms with Crippen LogP contribution in [0.4, 0.5) is 11.5 Å². The fourth-order valence-electron chi connectivity index (χ4n) is 3.12. The number of nitrogen functional groups attached to an aromatic ring is 1. The third-order valence-corrected chi connectivity index (χ3v) is 5.30. The highest BCUT2D eigenvalue weighted by Gasteiger charge is 2.20. The van der Waals surface area contributed by atoms with Gasteiger partial charge in [-0.05, 0) is 37.3 Å². The van der Waals surface area contributed by atoms with Crippen LogP contribution in [0.3, 0.4) is 0 Å². The lowest BCUT2D eigenvalue weighted by Gasteiger charge is -2.28. The van der Waals surface area contributed by atoms with Crippen LogP contribution in [-0.2, 0) is 6.42 Å². The molecule has 0 bridgehead atoms. The number of rotatable bonds is 4. The first-order valence-electron chi connectivity index (χ1n) is 7.88. The molecule has 0 atom stereocenters. The molecule has 6 heteroatoms. The molecule has 1 aliphatic heterocycles. The molecular weight excluding hydrogens is 296 g/mol. The highest BCUT2D eigenvalue weighted by atomic mass is 32.1. The molecule has 0 aromatic carbocycles. The Hall–Kier alpha value is -1.82. The molecule has 5 nitrogen and oxygen atoms in total. The van der Waals surface area contributed by atoms with E-state index >= 15 is 0 Å². The summed E-state index contributed by atoms with van der Waals surface area (Å²) < 4.78 is 0. The Morgan fingerprint density at radius 1 is 1.36 bits per heavy atom. The minimum absolute atomic E-state index is 0.427. The van der Waals surface area contributed by atoms with Crippen molar-refractivity contribution in [1.82, 2.24) is 4.98 Å². The summed E-state index contributed by atoms with van der Waals surface area (Å²) in [6, 6.07) is 2.14. The van der Waals surface area contributed by atoms with Crippen molar-refractivity contribution in [3.05, 3.63) is 16.5 Å². The Labute approximate surface area is 134 Å². The largest absolute Gasteiger partial charge is 0.397 e. The number of carbonyl (C=O) groups excluding carboxylic acids is 1. The van der Waals surface area contributed by atoms with Gasteiger partial charge >= 0.3 is 0 Å². The van der Waals surface area contributed by atoms with Crippen LogP contribution >= 0.6 is 11.3 Å². The second-order valence-corrected chi connectivity index (χ2v) is 6.83. The number of primary amides is 1. The zero-order valence-electron chi connectivity index (χ0n) is 12.9. The summed E-state index contributed by atoms with van der Waals surface area (Å²) in [5, 5.41) is 0.918. The Balaban J connectivity index is 2.14. The Kier molecular flexibility index (Phi) is 4.20. The fraction of sp³-hybridized carbons (Fsp3) is 0.500. The topological polar surface area (TPSA) is 85.2 Å². The predicted octanol–water partition coefficient (Wildman–Crippen LogP) is 2.92. The van der Waals surface area contributed by atoms with E-state index in [2.05, 4.69) is 17.9 Å². The molecule has 1 aliphatic rings. The average molecular weight is 318 g/mol. The fourth-order valence-corrected chi connectivity index (χ4v) is 4.11. The summed E-state index contributed by atoms with van der Waals surface area (Å²) in [6.45, 7) is 4.24. The second kappa shape index (κ2) is 6.12. The van der Waals surface area contributed by atoms with Crippen LogP contribution in [0.1, 0.15) is 47.8 Å². The van der Waals surface area contributed by atoms with E-state index in [1.165, 1.54) is 36.2 Å². The molecule has 0 saturated carbocycles. The van der Waals surface area contributed by atoms with E-state index in [0.717, 1.165) is 42.0 Å². The van der Waals surface area contributed by atoms with E-state index in [0.29, 0.717) is 10.6 Å². The Morgan fingerprint density at radius 2 is 2.09 bits per heavy atom. The van der Waals surface area contributed by atoms with E-state index in [1.54, 1.807) is 0 Å². The Morgan fingerprint density at radius 3 is 2.73 bits per heavy atom. The first-order chi connectivity index (χ1) is 10.6.